The van der Waals surface area contributed by atoms with Crippen LogP contribution >= 0.6 is 0 Å². The Hall–Kier alpha value is -2.71. The van der Waals surface area contributed by atoms with Crippen LogP contribution in [0.15, 0.2) is 6.07 Å². The molecule has 2 aromatic rings. The Morgan fingerprint density at radius 1 is 1.35 bits per heavy atom. The van der Waals surface area contributed by atoms with Crippen LogP contribution in [0.25, 0.3) is 0 Å². The van der Waals surface area contributed by atoms with Crippen LogP contribution in [-0.2, 0) is 0 Å². The summed E-state index contributed by atoms with van der Waals surface area (Å²) >= 11 is 0. The lowest BCUT2D eigenvalue weighted by molar-refractivity contribution is 0.0690. The maximum atomic E-state index is 11.5. The van der Waals surface area contributed by atoms with Gasteiger partial charge in [-0.3, -0.25) is 15.0 Å². The molecule has 0 saturated heterocycles. The molecular weight excluding hydrogens is 228 g/mol. The van der Waals surface area contributed by atoms with Gasteiger partial charge in [-0.1, -0.05) is 0 Å². The van der Waals surface area contributed by atoms with Gasteiger partial charge in [-0.05, 0) is 6.92 Å². The molecule has 0 aromatic carbocycles. The van der Waals surface area contributed by atoms with Crippen LogP contribution in [0, 0.1) is 6.92 Å². The highest BCUT2D eigenvalue weighted by Gasteiger charge is 2.14. The van der Waals surface area contributed by atoms with E-state index in [1.165, 1.54) is 6.07 Å². The van der Waals surface area contributed by atoms with Crippen molar-refractivity contribution in [2.45, 2.75) is 6.92 Å². The van der Waals surface area contributed by atoms with Crippen LogP contribution in [0.2, 0.25) is 0 Å². The van der Waals surface area contributed by atoms with E-state index >= 15 is 0 Å². The first kappa shape index (κ1) is 10.8. The fourth-order valence-electron chi connectivity index (χ4n) is 1.11. The van der Waals surface area contributed by atoms with Gasteiger partial charge in [0.05, 0.1) is 0 Å². The standard InChI is InChI=1S/C8H8N6O3/c1-3-9-6(14-11-3)7(15)10-5-2-4(8(16)17)12-13-5/h2H,1H3,(H,16,17)(H,9,11,14)(H2,10,12,13,15). The Balaban J connectivity index is 2.10. The third-order valence-corrected chi connectivity index (χ3v) is 1.85. The number of aromatic amines is 2. The largest absolute Gasteiger partial charge is 0.477 e. The summed E-state index contributed by atoms with van der Waals surface area (Å²) in [7, 11) is 0. The van der Waals surface area contributed by atoms with E-state index in [0.717, 1.165) is 0 Å². The van der Waals surface area contributed by atoms with Gasteiger partial charge in [-0.25, -0.2) is 9.78 Å². The molecular formula is C8H8N6O3. The summed E-state index contributed by atoms with van der Waals surface area (Å²) in [5, 5.41) is 23.0. The molecule has 0 aliphatic carbocycles. The van der Waals surface area contributed by atoms with Crippen molar-refractivity contribution in [1.82, 2.24) is 25.4 Å². The number of amides is 1. The minimum atomic E-state index is -1.16. The number of carboxylic acid groups (broad SMARTS) is 1. The zero-order chi connectivity index (χ0) is 12.4. The molecule has 88 valence electrons. The van der Waals surface area contributed by atoms with Gasteiger partial charge in [0.25, 0.3) is 5.91 Å². The molecule has 0 unspecified atom stereocenters. The van der Waals surface area contributed by atoms with E-state index in [-0.39, 0.29) is 17.3 Å². The summed E-state index contributed by atoms with van der Waals surface area (Å²) in [5.74, 6) is -1.18. The number of aryl methyl sites for hydroxylation is 1. The average molecular weight is 236 g/mol. The van der Waals surface area contributed by atoms with Crippen molar-refractivity contribution in [3.05, 3.63) is 23.4 Å². The van der Waals surface area contributed by atoms with E-state index < -0.39 is 11.9 Å². The molecule has 2 heterocycles. The van der Waals surface area contributed by atoms with Gasteiger partial charge in [0.1, 0.15) is 11.5 Å². The minimum Gasteiger partial charge on any atom is -0.477 e. The lowest BCUT2D eigenvalue weighted by Crippen LogP contribution is -2.14. The molecule has 9 heteroatoms. The highest BCUT2D eigenvalue weighted by atomic mass is 16.4. The summed E-state index contributed by atoms with van der Waals surface area (Å²) < 4.78 is 0. The summed E-state index contributed by atoms with van der Waals surface area (Å²) in [5.41, 5.74) is -0.119. The topological polar surface area (TPSA) is 137 Å². The van der Waals surface area contributed by atoms with Gasteiger partial charge in [0, 0.05) is 6.07 Å². The zero-order valence-electron chi connectivity index (χ0n) is 8.68. The first-order valence-corrected chi connectivity index (χ1v) is 4.55. The van der Waals surface area contributed by atoms with E-state index in [9.17, 15) is 9.59 Å². The van der Waals surface area contributed by atoms with Crippen molar-refractivity contribution in [2.24, 2.45) is 0 Å². The van der Waals surface area contributed by atoms with Gasteiger partial charge in [-0.2, -0.15) is 5.10 Å². The molecule has 17 heavy (non-hydrogen) atoms. The highest BCUT2D eigenvalue weighted by molar-refractivity contribution is 6.01. The van der Waals surface area contributed by atoms with Crippen molar-refractivity contribution >= 4 is 17.7 Å². The molecule has 4 N–H and O–H groups in total. The number of anilines is 1. The predicted molar refractivity (Wildman–Crippen MR) is 54.6 cm³/mol. The van der Waals surface area contributed by atoms with Crippen LogP contribution in [-0.4, -0.2) is 42.4 Å². The van der Waals surface area contributed by atoms with Gasteiger partial charge in [0.2, 0.25) is 5.82 Å². The van der Waals surface area contributed by atoms with Crippen molar-refractivity contribution in [3.63, 3.8) is 0 Å². The number of carboxylic acids is 1. The van der Waals surface area contributed by atoms with Crippen molar-refractivity contribution in [2.75, 3.05) is 5.32 Å². The molecule has 0 saturated carbocycles. The Labute approximate surface area is 94.3 Å². The van der Waals surface area contributed by atoms with Gasteiger partial charge in [0.15, 0.2) is 5.82 Å². The Bertz CT molecular complexity index is 571. The number of carbonyl (C=O) groups is 2. The van der Waals surface area contributed by atoms with Crippen molar-refractivity contribution in [1.29, 1.82) is 0 Å². The van der Waals surface area contributed by atoms with Crippen LogP contribution in [0.4, 0.5) is 5.82 Å². The van der Waals surface area contributed by atoms with Crippen LogP contribution < -0.4 is 5.32 Å². The van der Waals surface area contributed by atoms with Gasteiger partial charge in [-0.15, -0.1) is 5.10 Å². The molecule has 0 fully saturated rings. The second-order valence-corrected chi connectivity index (χ2v) is 3.17. The molecule has 9 nitrogen and oxygen atoms in total. The fraction of sp³-hybridized carbons (Fsp3) is 0.125. The maximum Gasteiger partial charge on any atom is 0.353 e. The number of aromatic nitrogens is 5. The number of nitrogens with one attached hydrogen (secondary N) is 3. The number of aromatic carboxylic acids is 1. The third kappa shape index (κ3) is 2.27. The highest BCUT2D eigenvalue weighted by Crippen LogP contribution is 2.06. The Morgan fingerprint density at radius 3 is 2.65 bits per heavy atom. The number of rotatable bonds is 3. The molecule has 0 spiro atoms. The first-order chi connectivity index (χ1) is 8.06. The van der Waals surface area contributed by atoms with Crippen molar-refractivity contribution in [3.8, 4) is 0 Å². The summed E-state index contributed by atoms with van der Waals surface area (Å²) in [6, 6.07) is 1.19. The summed E-state index contributed by atoms with van der Waals surface area (Å²) in [4.78, 5) is 25.9. The van der Waals surface area contributed by atoms with Crippen LogP contribution in [0.5, 0.6) is 0 Å². The van der Waals surface area contributed by atoms with E-state index in [0.29, 0.717) is 5.82 Å². The number of hydrogen-bond acceptors (Lipinski definition) is 5. The summed E-state index contributed by atoms with van der Waals surface area (Å²) in [6.45, 7) is 1.65. The molecule has 2 rings (SSSR count). The molecule has 0 aliphatic heterocycles. The summed E-state index contributed by atoms with van der Waals surface area (Å²) in [6.07, 6.45) is 0. The first-order valence-electron chi connectivity index (χ1n) is 4.55. The molecule has 0 radical (unpaired) electrons. The Morgan fingerprint density at radius 2 is 2.12 bits per heavy atom. The quantitative estimate of drug-likeness (QED) is 0.581. The molecule has 1 amide bonds. The van der Waals surface area contributed by atoms with E-state index in [4.69, 9.17) is 5.11 Å². The number of carbonyl (C=O) groups excluding carboxylic acids is 1. The molecule has 0 atom stereocenters. The van der Waals surface area contributed by atoms with Gasteiger partial charge < -0.3 is 10.4 Å². The normalized spacial score (nSPS) is 10.2. The monoisotopic (exact) mass is 236 g/mol. The number of nitrogens with zero attached hydrogens (tertiary/aromatic N) is 3. The SMILES string of the molecule is Cc1nc(C(=O)Nc2cc(C(=O)O)[nH]n2)n[nH]1. The molecule has 0 bridgehead atoms. The molecule has 0 aliphatic rings. The van der Waals surface area contributed by atoms with E-state index in [1.807, 2.05) is 0 Å². The minimum absolute atomic E-state index is 0.0395. The average Bonchev–Trinajstić information content (AvgIpc) is 2.86. The third-order valence-electron chi connectivity index (χ3n) is 1.85. The lowest BCUT2D eigenvalue weighted by atomic mass is 10.4. The van der Waals surface area contributed by atoms with E-state index in [2.05, 4.69) is 30.7 Å². The number of H-pyrrole nitrogens is 2. The van der Waals surface area contributed by atoms with E-state index in [1.54, 1.807) is 6.92 Å². The second-order valence-electron chi connectivity index (χ2n) is 3.17. The smallest absolute Gasteiger partial charge is 0.353 e. The predicted octanol–water partition coefficient (Wildman–Crippen LogP) is -0.213. The lowest BCUT2D eigenvalue weighted by Gasteiger charge is -1.95. The Kier molecular flexibility index (Phi) is 2.57. The van der Waals surface area contributed by atoms with Crippen LogP contribution in [0.3, 0.4) is 0 Å². The number of hydrogen-bond donors (Lipinski definition) is 4. The van der Waals surface area contributed by atoms with Crippen molar-refractivity contribution < 1.29 is 14.7 Å². The maximum absolute atomic E-state index is 11.5. The fourth-order valence-corrected chi connectivity index (χ4v) is 1.11. The second kappa shape index (κ2) is 4.04. The van der Waals surface area contributed by atoms with Crippen LogP contribution in [0.1, 0.15) is 26.9 Å². The molecule has 2 aromatic heterocycles. The zero-order valence-corrected chi connectivity index (χ0v) is 8.68. The van der Waals surface area contributed by atoms with Gasteiger partial charge >= 0.3 is 5.97 Å².